The molecular weight excluding hydrogens is 140 g/mol. The Labute approximate surface area is 68.2 Å². The first-order valence-electron chi connectivity index (χ1n) is 4.36. The molecule has 2 nitrogen and oxygen atoms in total. The fourth-order valence-electron chi connectivity index (χ4n) is 2.18. The zero-order valence-electron chi connectivity index (χ0n) is 7.54. The summed E-state index contributed by atoms with van der Waals surface area (Å²) in [5, 5.41) is 19.3. The molecule has 1 aliphatic rings. The topological polar surface area (TPSA) is 40.5 Å². The molecule has 1 aliphatic carbocycles. The van der Waals surface area contributed by atoms with Crippen LogP contribution < -0.4 is 0 Å². The van der Waals surface area contributed by atoms with Crippen LogP contribution in [-0.2, 0) is 0 Å². The molecule has 0 aliphatic heterocycles. The standard InChI is InChI=1S/C9H18O2/c1-6(2)7-4-5-8(10)9(7,3)11/h6-8,10-11H,4-5H2,1-3H3/t7-,8+,9-/m0/s1. The van der Waals surface area contributed by atoms with Gasteiger partial charge in [-0.2, -0.15) is 0 Å². The van der Waals surface area contributed by atoms with Crippen molar-refractivity contribution in [2.45, 2.75) is 45.3 Å². The minimum absolute atomic E-state index is 0.262. The lowest BCUT2D eigenvalue weighted by Gasteiger charge is -2.31. The van der Waals surface area contributed by atoms with Crippen LogP contribution in [0.15, 0.2) is 0 Å². The molecule has 0 heterocycles. The average Bonchev–Trinajstić information content (AvgIpc) is 2.08. The van der Waals surface area contributed by atoms with Gasteiger partial charge in [0.1, 0.15) is 0 Å². The maximum absolute atomic E-state index is 9.84. The van der Waals surface area contributed by atoms with Gasteiger partial charge in [-0.15, -0.1) is 0 Å². The van der Waals surface area contributed by atoms with Crippen molar-refractivity contribution in [3.63, 3.8) is 0 Å². The predicted octanol–water partition coefficient (Wildman–Crippen LogP) is 1.16. The average molecular weight is 158 g/mol. The molecule has 2 heteroatoms. The molecule has 11 heavy (non-hydrogen) atoms. The van der Waals surface area contributed by atoms with E-state index in [0.29, 0.717) is 5.92 Å². The molecule has 0 amide bonds. The van der Waals surface area contributed by atoms with Gasteiger partial charge in [-0.25, -0.2) is 0 Å². The third kappa shape index (κ3) is 1.42. The number of aliphatic hydroxyl groups is 2. The summed E-state index contributed by atoms with van der Waals surface area (Å²) in [4.78, 5) is 0. The number of rotatable bonds is 1. The number of hydrogen-bond acceptors (Lipinski definition) is 2. The molecule has 1 fully saturated rings. The van der Waals surface area contributed by atoms with Gasteiger partial charge < -0.3 is 10.2 Å². The first kappa shape index (κ1) is 9.01. The summed E-state index contributed by atoms with van der Waals surface area (Å²) < 4.78 is 0. The van der Waals surface area contributed by atoms with Crippen molar-refractivity contribution in [2.24, 2.45) is 11.8 Å². The molecule has 66 valence electrons. The molecule has 0 aromatic rings. The van der Waals surface area contributed by atoms with Crippen LogP contribution in [0.2, 0.25) is 0 Å². The molecule has 0 radical (unpaired) electrons. The highest BCUT2D eigenvalue weighted by atomic mass is 16.3. The van der Waals surface area contributed by atoms with Crippen LogP contribution in [-0.4, -0.2) is 21.9 Å². The normalized spacial score (nSPS) is 45.3. The third-order valence-electron chi connectivity index (χ3n) is 2.98. The lowest BCUT2D eigenvalue weighted by Crippen LogP contribution is -2.41. The molecule has 2 N–H and O–H groups in total. The molecule has 0 unspecified atom stereocenters. The van der Waals surface area contributed by atoms with E-state index in [2.05, 4.69) is 13.8 Å². The molecule has 0 saturated heterocycles. The number of hydrogen-bond donors (Lipinski definition) is 2. The zero-order valence-corrected chi connectivity index (χ0v) is 7.54. The van der Waals surface area contributed by atoms with E-state index in [1.165, 1.54) is 0 Å². The van der Waals surface area contributed by atoms with Crippen molar-refractivity contribution in [3.8, 4) is 0 Å². The summed E-state index contributed by atoms with van der Waals surface area (Å²) in [5.74, 6) is 0.722. The summed E-state index contributed by atoms with van der Waals surface area (Å²) in [6.45, 7) is 5.93. The monoisotopic (exact) mass is 158 g/mol. The van der Waals surface area contributed by atoms with Crippen LogP contribution in [0.3, 0.4) is 0 Å². The Hall–Kier alpha value is -0.0800. The Morgan fingerprint density at radius 1 is 1.36 bits per heavy atom. The molecule has 0 aromatic carbocycles. The number of aliphatic hydroxyl groups excluding tert-OH is 1. The summed E-state index contributed by atoms with van der Waals surface area (Å²) in [5.41, 5.74) is -0.853. The molecule has 0 aromatic heterocycles. The highest BCUT2D eigenvalue weighted by molar-refractivity contribution is 4.96. The summed E-state index contributed by atoms with van der Waals surface area (Å²) in [7, 11) is 0. The van der Waals surface area contributed by atoms with E-state index in [0.717, 1.165) is 12.8 Å². The Kier molecular flexibility index (Phi) is 2.26. The SMILES string of the molecule is CC(C)[C@@H]1CC[C@@H](O)[C@@]1(C)O. The lowest BCUT2D eigenvalue weighted by atomic mass is 9.83. The van der Waals surface area contributed by atoms with Crippen molar-refractivity contribution < 1.29 is 10.2 Å². The van der Waals surface area contributed by atoms with Crippen molar-refractivity contribution in [3.05, 3.63) is 0 Å². The first-order valence-corrected chi connectivity index (χ1v) is 4.36. The van der Waals surface area contributed by atoms with Gasteiger partial charge in [0.25, 0.3) is 0 Å². The highest BCUT2D eigenvalue weighted by Gasteiger charge is 2.45. The second-order valence-electron chi connectivity index (χ2n) is 4.17. The largest absolute Gasteiger partial charge is 0.390 e. The molecule has 3 atom stereocenters. The Bertz CT molecular complexity index is 140. The lowest BCUT2D eigenvalue weighted by molar-refractivity contribution is -0.0764. The fraction of sp³-hybridized carbons (Fsp3) is 1.00. The van der Waals surface area contributed by atoms with Gasteiger partial charge in [0.2, 0.25) is 0 Å². The third-order valence-corrected chi connectivity index (χ3v) is 2.98. The van der Waals surface area contributed by atoms with Crippen molar-refractivity contribution in [1.29, 1.82) is 0 Å². The van der Waals surface area contributed by atoms with Gasteiger partial charge >= 0.3 is 0 Å². The van der Waals surface area contributed by atoms with Gasteiger partial charge in [-0.1, -0.05) is 13.8 Å². The highest BCUT2D eigenvalue weighted by Crippen LogP contribution is 2.39. The first-order chi connectivity index (χ1) is 4.96. The molecular formula is C9H18O2. The molecule has 1 saturated carbocycles. The van der Waals surface area contributed by atoms with Crippen molar-refractivity contribution >= 4 is 0 Å². The second-order valence-corrected chi connectivity index (χ2v) is 4.17. The van der Waals surface area contributed by atoms with Gasteiger partial charge in [-0.05, 0) is 31.6 Å². The van der Waals surface area contributed by atoms with Crippen molar-refractivity contribution in [2.75, 3.05) is 0 Å². The summed E-state index contributed by atoms with van der Waals surface area (Å²) in [6, 6.07) is 0. The van der Waals surface area contributed by atoms with Gasteiger partial charge in [0.15, 0.2) is 0 Å². The van der Waals surface area contributed by atoms with Gasteiger partial charge in [0, 0.05) is 0 Å². The summed E-state index contributed by atoms with van der Waals surface area (Å²) in [6.07, 6.45) is 1.18. The Balaban J connectivity index is 2.70. The van der Waals surface area contributed by atoms with E-state index in [4.69, 9.17) is 0 Å². The molecule has 0 spiro atoms. The molecule has 0 bridgehead atoms. The van der Waals surface area contributed by atoms with E-state index < -0.39 is 11.7 Å². The maximum atomic E-state index is 9.84. The Morgan fingerprint density at radius 3 is 2.09 bits per heavy atom. The van der Waals surface area contributed by atoms with Gasteiger partial charge in [0.05, 0.1) is 11.7 Å². The van der Waals surface area contributed by atoms with Crippen LogP contribution in [0.4, 0.5) is 0 Å². The van der Waals surface area contributed by atoms with E-state index in [1.807, 2.05) is 0 Å². The van der Waals surface area contributed by atoms with E-state index in [9.17, 15) is 10.2 Å². The van der Waals surface area contributed by atoms with Crippen LogP contribution >= 0.6 is 0 Å². The van der Waals surface area contributed by atoms with Crippen LogP contribution in [0.5, 0.6) is 0 Å². The predicted molar refractivity (Wildman–Crippen MR) is 44.2 cm³/mol. The van der Waals surface area contributed by atoms with E-state index >= 15 is 0 Å². The maximum Gasteiger partial charge on any atom is 0.0907 e. The fourth-order valence-corrected chi connectivity index (χ4v) is 2.18. The minimum Gasteiger partial charge on any atom is -0.390 e. The zero-order chi connectivity index (χ0) is 8.65. The van der Waals surface area contributed by atoms with Crippen LogP contribution in [0.1, 0.15) is 33.6 Å². The molecule has 1 rings (SSSR count). The van der Waals surface area contributed by atoms with Crippen molar-refractivity contribution in [1.82, 2.24) is 0 Å². The quantitative estimate of drug-likeness (QED) is 0.601. The Morgan fingerprint density at radius 2 is 1.91 bits per heavy atom. The van der Waals surface area contributed by atoms with Crippen LogP contribution in [0, 0.1) is 11.8 Å². The summed E-state index contributed by atoms with van der Waals surface area (Å²) >= 11 is 0. The van der Waals surface area contributed by atoms with E-state index in [1.54, 1.807) is 6.92 Å². The van der Waals surface area contributed by atoms with E-state index in [-0.39, 0.29) is 5.92 Å². The van der Waals surface area contributed by atoms with Gasteiger partial charge in [-0.3, -0.25) is 0 Å². The smallest absolute Gasteiger partial charge is 0.0907 e. The minimum atomic E-state index is -0.853. The second kappa shape index (κ2) is 2.76. The van der Waals surface area contributed by atoms with Crippen LogP contribution in [0.25, 0.3) is 0 Å².